The first-order chi connectivity index (χ1) is 14.6. The highest BCUT2D eigenvalue weighted by Crippen LogP contribution is 2.31. The number of benzene rings is 4. The molecule has 0 aliphatic heterocycles. The maximum atomic E-state index is 13.1. The number of rotatable bonds is 7. The number of ether oxygens (including phenoxy) is 1. The maximum absolute atomic E-state index is 13.1. The fraction of sp³-hybridized carbons (Fsp3) is 0.120. The van der Waals surface area contributed by atoms with Gasteiger partial charge in [0, 0.05) is 34.3 Å². The summed E-state index contributed by atoms with van der Waals surface area (Å²) in [6, 6.07) is 24.1. The molecule has 0 fully saturated rings. The van der Waals surface area contributed by atoms with Crippen LogP contribution in [-0.4, -0.2) is 0 Å². The second-order valence-corrected chi connectivity index (χ2v) is 7.80. The summed E-state index contributed by atoms with van der Waals surface area (Å²) in [7, 11) is 0. The highest BCUT2D eigenvalue weighted by Gasteiger charge is 2.12. The highest BCUT2D eigenvalue weighted by atomic mass is 35.5. The van der Waals surface area contributed by atoms with E-state index >= 15 is 0 Å². The molecular formula is C25H20Cl2FNO. The average molecular weight is 440 g/mol. The van der Waals surface area contributed by atoms with Crippen LogP contribution < -0.4 is 10.1 Å². The summed E-state index contributed by atoms with van der Waals surface area (Å²) in [5.41, 5.74) is 2.83. The van der Waals surface area contributed by atoms with Crippen molar-refractivity contribution in [3.63, 3.8) is 0 Å². The van der Waals surface area contributed by atoms with Gasteiger partial charge in [0.2, 0.25) is 0 Å². The summed E-state index contributed by atoms with van der Waals surface area (Å²) < 4.78 is 19.3. The summed E-state index contributed by atoms with van der Waals surface area (Å²) in [6.07, 6.45) is 0. The molecule has 0 spiro atoms. The summed E-state index contributed by atoms with van der Waals surface area (Å²) in [4.78, 5) is 0. The van der Waals surface area contributed by atoms with Gasteiger partial charge in [0.05, 0.1) is 0 Å². The van der Waals surface area contributed by atoms with Gasteiger partial charge in [0.15, 0.2) is 0 Å². The van der Waals surface area contributed by atoms with Crippen molar-refractivity contribution in [2.24, 2.45) is 0 Å². The van der Waals surface area contributed by atoms with Crippen LogP contribution in [0.2, 0.25) is 10.0 Å². The zero-order valence-electron chi connectivity index (χ0n) is 16.2. The lowest BCUT2D eigenvalue weighted by Gasteiger charge is -2.16. The van der Waals surface area contributed by atoms with Crippen LogP contribution in [0.15, 0.2) is 78.9 Å². The van der Waals surface area contributed by atoms with Crippen molar-refractivity contribution in [3.8, 4) is 5.75 Å². The molecule has 4 rings (SSSR count). The van der Waals surface area contributed by atoms with E-state index in [1.165, 1.54) is 12.1 Å². The molecule has 0 unspecified atom stereocenters. The molecule has 4 aromatic carbocycles. The molecule has 30 heavy (non-hydrogen) atoms. The second kappa shape index (κ2) is 9.48. The fourth-order valence-electron chi connectivity index (χ4n) is 3.39. The smallest absolute Gasteiger partial charge is 0.124 e. The molecule has 0 aliphatic carbocycles. The van der Waals surface area contributed by atoms with Crippen LogP contribution in [0, 0.1) is 5.82 Å². The predicted molar refractivity (Wildman–Crippen MR) is 122 cm³/mol. The Labute approximate surface area is 185 Å². The first-order valence-electron chi connectivity index (χ1n) is 9.63. The van der Waals surface area contributed by atoms with Gasteiger partial charge in [-0.05, 0) is 46.7 Å². The summed E-state index contributed by atoms with van der Waals surface area (Å²) >= 11 is 12.6. The molecule has 0 amide bonds. The van der Waals surface area contributed by atoms with E-state index in [1.807, 2.05) is 30.3 Å². The molecule has 0 bridgehead atoms. The van der Waals surface area contributed by atoms with Crippen LogP contribution in [0.25, 0.3) is 10.8 Å². The van der Waals surface area contributed by atoms with Crippen molar-refractivity contribution in [2.75, 3.05) is 0 Å². The van der Waals surface area contributed by atoms with Crippen LogP contribution >= 0.6 is 23.2 Å². The SMILES string of the molecule is Fc1ccc(CNCc2c(OCc3c(Cl)cccc3Cl)ccc3ccccc23)cc1. The predicted octanol–water partition coefficient (Wildman–Crippen LogP) is 7.15. The molecule has 0 heterocycles. The number of hydrogen-bond donors (Lipinski definition) is 1. The Morgan fingerprint density at radius 2 is 1.47 bits per heavy atom. The number of hydrogen-bond acceptors (Lipinski definition) is 2. The number of nitrogens with one attached hydrogen (secondary N) is 1. The minimum Gasteiger partial charge on any atom is -0.488 e. The molecule has 152 valence electrons. The first kappa shape index (κ1) is 20.7. The van der Waals surface area contributed by atoms with Gasteiger partial charge in [-0.2, -0.15) is 0 Å². The molecule has 1 N–H and O–H groups in total. The zero-order valence-corrected chi connectivity index (χ0v) is 17.7. The summed E-state index contributed by atoms with van der Waals surface area (Å²) in [5, 5.41) is 6.86. The molecule has 0 saturated carbocycles. The van der Waals surface area contributed by atoms with Gasteiger partial charge in [-0.15, -0.1) is 0 Å². The fourth-order valence-corrected chi connectivity index (χ4v) is 3.89. The Bertz CT molecular complexity index is 1140. The third kappa shape index (κ3) is 4.76. The summed E-state index contributed by atoms with van der Waals surface area (Å²) in [5.74, 6) is 0.540. The quantitative estimate of drug-likeness (QED) is 0.329. The van der Waals surface area contributed by atoms with Crippen molar-refractivity contribution in [3.05, 3.63) is 111 Å². The van der Waals surface area contributed by atoms with E-state index in [1.54, 1.807) is 24.3 Å². The van der Waals surface area contributed by atoms with Crippen LogP contribution in [0.3, 0.4) is 0 Å². The Kier molecular flexibility index (Phi) is 6.53. The number of halogens is 3. The molecule has 0 saturated heterocycles. The lowest BCUT2D eigenvalue weighted by atomic mass is 10.0. The van der Waals surface area contributed by atoms with Gasteiger partial charge < -0.3 is 10.1 Å². The Balaban J connectivity index is 1.57. The van der Waals surface area contributed by atoms with E-state index < -0.39 is 0 Å². The van der Waals surface area contributed by atoms with Crippen molar-refractivity contribution < 1.29 is 9.13 Å². The van der Waals surface area contributed by atoms with Gasteiger partial charge in [0.1, 0.15) is 18.2 Å². The molecule has 4 aromatic rings. The maximum Gasteiger partial charge on any atom is 0.124 e. The van der Waals surface area contributed by atoms with Crippen LogP contribution in [-0.2, 0) is 19.7 Å². The first-order valence-corrected chi connectivity index (χ1v) is 10.4. The van der Waals surface area contributed by atoms with Crippen molar-refractivity contribution >= 4 is 34.0 Å². The van der Waals surface area contributed by atoms with Crippen molar-refractivity contribution in [2.45, 2.75) is 19.7 Å². The van der Waals surface area contributed by atoms with E-state index in [0.717, 1.165) is 33.2 Å². The van der Waals surface area contributed by atoms with Gasteiger partial charge in [-0.25, -0.2) is 4.39 Å². The van der Waals surface area contributed by atoms with Gasteiger partial charge in [-0.1, -0.05) is 71.7 Å². The van der Waals surface area contributed by atoms with Gasteiger partial charge >= 0.3 is 0 Å². The van der Waals surface area contributed by atoms with Crippen LogP contribution in [0.1, 0.15) is 16.7 Å². The third-order valence-corrected chi connectivity index (χ3v) is 5.68. The standard InChI is InChI=1S/C25H20Cl2FNO/c26-23-6-3-7-24(27)22(23)16-30-25-13-10-18-4-1-2-5-20(18)21(25)15-29-14-17-8-11-19(28)12-9-17/h1-13,29H,14-16H2. The zero-order chi connectivity index (χ0) is 20.9. The van der Waals surface area contributed by atoms with Crippen LogP contribution in [0.4, 0.5) is 4.39 Å². The lowest BCUT2D eigenvalue weighted by Crippen LogP contribution is -2.14. The third-order valence-electron chi connectivity index (χ3n) is 4.98. The largest absolute Gasteiger partial charge is 0.488 e. The van der Waals surface area contributed by atoms with E-state index in [4.69, 9.17) is 27.9 Å². The molecule has 2 nitrogen and oxygen atoms in total. The van der Waals surface area contributed by atoms with E-state index in [2.05, 4.69) is 17.4 Å². The second-order valence-electron chi connectivity index (χ2n) is 6.98. The lowest BCUT2D eigenvalue weighted by molar-refractivity contribution is 0.303. The normalized spacial score (nSPS) is 11.0. The van der Waals surface area contributed by atoms with E-state index in [-0.39, 0.29) is 12.4 Å². The summed E-state index contributed by atoms with van der Waals surface area (Å²) in [6.45, 7) is 1.51. The molecule has 0 aromatic heterocycles. The van der Waals surface area contributed by atoms with E-state index in [9.17, 15) is 4.39 Å². The topological polar surface area (TPSA) is 21.3 Å². The van der Waals surface area contributed by atoms with E-state index in [0.29, 0.717) is 23.1 Å². The average Bonchev–Trinajstić information content (AvgIpc) is 2.75. The number of fused-ring (bicyclic) bond motifs is 1. The van der Waals surface area contributed by atoms with Gasteiger partial charge in [0.25, 0.3) is 0 Å². The molecule has 5 heteroatoms. The Morgan fingerprint density at radius 1 is 0.733 bits per heavy atom. The molecule has 0 atom stereocenters. The monoisotopic (exact) mass is 439 g/mol. The van der Waals surface area contributed by atoms with Crippen LogP contribution in [0.5, 0.6) is 5.75 Å². The minimum absolute atomic E-state index is 0.235. The molecular weight excluding hydrogens is 420 g/mol. The van der Waals surface area contributed by atoms with Crippen molar-refractivity contribution in [1.29, 1.82) is 0 Å². The highest BCUT2D eigenvalue weighted by molar-refractivity contribution is 6.35. The molecule has 0 aliphatic rings. The van der Waals surface area contributed by atoms with Gasteiger partial charge in [-0.3, -0.25) is 0 Å². The Hall–Kier alpha value is -2.59. The molecule has 0 radical (unpaired) electrons. The Morgan fingerprint density at radius 3 is 2.23 bits per heavy atom. The minimum atomic E-state index is -0.235. The van der Waals surface area contributed by atoms with Crippen molar-refractivity contribution in [1.82, 2.24) is 5.32 Å².